The summed E-state index contributed by atoms with van der Waals surface area (Å²) in [5.74, 6) is 0.272. The van der Waals surface area contributed by atoms with Gasteiger partial charge in [-0.25, -0.2) is 0 Å². The Morgan fingerprint density at radius 3 is 2.68 bits per heavy atom. The summed E-state index contributed by atoms with van der Waals surface area (Å²) in [5, 5.41) is 3.31. The third kappa shape index (κ3) is 4.83. The molecule has 1 N–H and O–H groups in total. The zero-order valence-electron chi connectivity index (χ0n) is 14.8. The first-order chi connectivity index (χ1) is 12.3. The number of amides is 1. The van der Waals surface area contributed by atoms with Gasteiger partial charge >= 0.3 is 0 Å². The Bertz CT molecular complexity index is 678. The van der Waals surface area contributed by atoms with Crippen molar-refractivity contribution < 1.29 is 9.53 Å². The van der Waals surface area contributed by atoms with E-state index in [1.165, 1.54) is 21.0 Å². The fraction of sp³-hybridized carbons (Fsp3) is 0.450. The zero-order valence-corrected chi connectivity index (χ0v) is 15.6. The second-order valence-electron chi connectivity index (χ2n) is 6.26. The van der Waals surface area contributed by atoms with Crippen LogP contribution in [-0.4, -0.2) is 44.2 Å². The maximum Gasteiger partial charge on any atom is 0.222 e. The Labute approximate surface area is 153 Å². The summed E-state index contributed by atoms with van der Waals surface area (Å²) in [4.78, 5) is 16.8. The summed E-state index contributed by atoms with van der Waals surface area (Å²) < 4.78 is 5.30. The van der Waals surface area contributed by atoms with Gasteiger partial charge in [-0.05, 0) is 30.9 Å². The molecule has 0 atom stereocenters. The van der Waals surface area contributed by atoms with Crippen LogP contribution in [-0.2, 0) is 16.0 Å². The SMILES string of the molecule is CNc1cc(-c2ccccc2)sc1CCCCC(=O)N1CCOCC1. The van der Waals surface area contributed by atoms with Crippen LogP contribution in [0.3, 0.4) is 0 Å². The number of anilines is 1. The Morgan fingerprint density at radius 1 is 1.20 bits per heavy atom. The molecular formula is C20H26N2O2S. The molecule has 3 rings (SSSR count). The average molecular weight is 359 g/mol. The van der Waals surface area contributed by atoms with Crippen LogP contribution >= 0.6 is 11.3 Å². The number of thiophene rings is 1. The van der Waals surface area contributed by atoms with E-state index in [9.17, 15) is 4.79 Å². The first-order valence-corrected chi connectivity index (χ1v) is 9.81. The number of hydrogen-bond acceptors (Lipinski definition) is 4. The lowest BCUT2D eigenvalue weighted by Gasteiger charge is -2.26. The predicted molar refractivity (Wildman–Crippen MR) is 104 cm³/mol. The third-order valence-corrected chi connectivity index (χ3v) is 5.79. The summed E-state index contributed by atoms with van der Waals surface area (Å²) in [6.07, 6.45) is 3.65. The monoisotopic (exact) mass is 358 g/mol. The predicted octanol–water partition coefficient (Wildman–Crippen LogP) is 4.03. The molecule has 4 nitrogen and oxygen atoms in total. The van der Waals surface area contributed by atoms with E-state index < -0.39 is 0 Å². The molecule has 0 saturated carbocycles. The van der Waals surface area contributed by atoms with Gasteiger partial charge in [0, 0.05) is 42.0 Å². The van der Waals surface area contributed by atoms with Gasteiger partial charge in [0.1, 0.15) is 0 Å². The molecule has 1 aromatic heterocycles. The van der Waals surface area contributed by atoms with Crippen LogP contribution in [0.15, 0.2) is 36.4 Å². The fourth-order valence-electron chi connectivity index (χ4n) is 3.10. The molecule has 1 aliphatic rings. The molecule has 0 spiro atoms. The molecule has 134 valence electrons. The minimum atomic E-state index is 0.272. The summed E-state index contributed by atoms with van der Waals surface area (Å²) in [7, 11) is 1.97. The molecule has 1 saturated heterocycles. The van der Waals surface area contributed by atoms with Gasteiger partial charge in [0.2, 0.25) is 5.91 Å². The Hall–Kier alpha value is -1.85. The van der Waals surface area contributed by atoms with Gasteiger partial charge in [-0.15, -0.1) is 11.3 Å². The normalized spacial score (nSPS) is 14.5. The van der Waals surface area contributed by atoms with Crippen molar-refractivity contribution >= 4 is 22.9 Å². The number of ether oxygens (including phenoxy) is 1. The van der Waals surface area contributed by atoms with Crippen molar-refractivity contribution in [3.8, 4) is 10.4 Å². The molecule has 25 heavy (non-hydrogen) atoms. The van der Waals surface area contributed by atoms with E-state index in [4.69, 9.17) is 4.74 Å². The van der Waals surface area contributed by atoms with Gasteiger partial charge in [0.05, 0.1) is 13.2 Å². The summed E-state index contributed by atoms with van der Waals surface area (Å²) in [6.45, 7) is 2.84. The molecular weight excluding hydrogens is 332 g/mol. The van der Waals surface area contributed by atoms with Crippen LogP contribution < -0.4 is 5.32 Å². The second kappa shape index (κ2) is 9.02. The quantitative estimate of drug-likeness (QED) is 0.760. The number of hydrogen-bond donors (Lipinski definition) is 1. The van der Waals surface area contributed by atoms with Gasteiger partial charge < -0.3 is 15.0 Å². The molecule has 0 bridgehead atoms. The van der Waals surface area contributed by atoms with Gasteiger partial charge in [-0.2, -0.15) is 0 Å². The van der Waals surface area contributed by atoms with Crippen molar-refractivity contribution in [2.45, 2.75) is 25.7 Å². The number of carbonyl (C=O) groups is 1. The standard InChI is InChI=1S/C20H26N2O2S/c1-21-17-15-19(16-7-3-2-4-8-16)25-18(17)9-5-6-10-20(23)22-11-13-24-14-12-22/h2-4,7-8,15,21H,5-6,9-14H2,1H3. The van der Waals surface area contributed by atoms with E-state index in [1.807, 2.05) is 29.4 Å². The Balaban J connectivity index is 1.51. The van der Waals surface area contributed by atoms with Crippen LogP contribution in [0.4, 0.5) is 5.69 Å². The average Bonchev–Trinajstić information content (AvgIpc) is 3.10. The number of carbonyl (C=O) groups excluding carboxylic acids is 1. The molecule has 0 radical (unpaired) electrons. The first kappa shape index (κ1) is 18.0. The number of nitrogens with zero attached hydrogens (tertiary/aromatic N) is 1. The molecule has 2 heterocycles. The lowest BCUT2D eigenvalue weighted by molar-refractivity contribution is -0.135. The van der Waals surface area contributed by atoms with E-state index in [-0.39, 0.29) is 5.91 Å². The zero-order chi connectivity index (χ0) is 17.5. The number of unbranched alkanes of at least 4 members (excludes halogenated alkanes) is 1. The lowest BCUT2D eigenvalue weighted by atomic mass is 10.1. The maximum atomic E-state index is 12.2. The van der Waals surface area contributed by atoms with Crippen molar-refractivity contribution in [1.29, 1.82) is 0 Å². The minimum Gasteiger partial charge on any atom is -0.387 e. The van der Waals surface area contributed by atoms with E-state index in [0.29, 0.717) is 19.6 Å². The first-order valence-electron chi connectivity index (χ1n) is 8.99. The topological polar surface area (TPSA) is 41.6 Å². The largest absolute Gasteiger partial charge is 0.387 e. The van der Waals surface area contributed by atoms with Gasteiger partial charge in [-0.3, -0.25) is 4.79 Å². The van der Waals surface area contributed by atoms with Crippen molar-refractivity contribution in [2.75, 3.05) is 38.7 Å². The molecule has 1 amide bonds. The molecule has 2 aromatic rings. The Morgan fingerprint density at radius 2 is 1.96 bits per heavy atom. The highest BCUT2D eigenvalue weighted by Gasteiger charge is 2.16. The number of nitrogens with one attached hydrogen (secondary N) is 1. The minimum absolute atomic E-state index is 0.272. The third-order valence-electron chi connectivity index (χ3n) is 4.54. The summed E-state index contributed by atoms with van der Waals surface area (Å²) >= 11 is 1.85. The van der Waals surface area contributed by atoms with Crippen molar-refractivity contribution in [3.63, 3.8) is 0 Å². The number of rotatable bonds is 7. The van der Waals surface area contributed by atoms with Crippen molar-refractivity contribution in [1.82, 2.24) is 4.90 Å². The number of morpholine rings is 1. The smallest absolute Gasteiger partial charge is 0.222 e. The van der Waals surface area contributed by atoms with Crippen LogP contribution in [0.2, 0.25) is 0 Å². The van der Waals surface area contributed by atoms with Crippen LogP contribution in [0.5, 0.6) is 0 Å². The van der Waals surface area contributed by atoms with E-state index in [1.54, 1.807) is 0 Å². The second-order valence-corrected chi connectivity index (χ2v) is 7.40. The molecule has 5 heteroatoms. The van der Waals surface area contributed by atoms with E-state index in [2.05, 4.69) is 35.6 Å². The van der Waals surface area contributed by atoms with Crippen LogP contribution in [0.1, 0.15) is 24.1 Å². The molecule has 1 aromatic carbocycles. The Kier molecular flexibility index (Phi) is 6.48. The number of benzene rings is 1. The van der Waals surface area contributed by atoms with Crippen LogP contribution in [0.25, 0.3) is 10.4 Å². The lowest BCUT2D eigenvalue weighted by Crippen LogP contribution is -2.40. The molecule has 1 aliphatic heterocycles. The number of aryl methyl sites for hydroxylation is 1. The summed E-state index contributed by atoms with van der Waals surface area (Å²) in [5.41, 5.74) is 2.47. The van der Waals surface area contributed by atoms with Gasteiger partial charge in [-0.1, -0.05) is 30.3 Å². The summed E-state index contributed by atoms with van der Waals surface area (Å²) in [6, 6.07) is 12.7. The van der Waals surface area contributed by atoms with Crippen molar-refractivity contribution in [2.24, 2.45) is 0 Å². The van der Waals surface area contributed by atoms with E-state index >= 15 is 0 Å². The molecule has 1 fully saturated rings. The highest BCUT2D eigenvalue weighted by molar-refractivity contribution is 7.16. The van der Waals surface area contributed by atoms with Crippen molar-refractivity contribution in [3.05, 3.63) is 41.3 Å². The van der Waals surface area contributed by atoms with Gasteiger partial charge in [0.15, 0.2) is 0 Å². The highest BCUT2D eigenvalue weighted by Crippen LogP contribution is 2.35. The molecule has 0 unspecified atom stereocenters. The van der Waals surface area contributed by atoms with E-state index in [0.717, 1.165) is 32.4 Å². The van der Waals surface area contributed by atoms with Gasteiger partial charge in [0.25, 0.3) is 0 Å². The fourth-order valence-corrected chi connectivity index (χ4v) is 4.32. The molecule has 0 aliphatic carbocycles. The maximum absolute atomic E-state index is 12.2. The highest BCUT2D eigenvalue weighted by atomic mass is 32.1. The van der Waals surface area contributed by atoms with Crippen LogP contribution in [0, 0.1) is 0 Å².